The van der Waals surface area contributed by atoms with Crippen molar-refractivity contribution in [2.45, 2.75) is 6.54 Å². The minimum absolute atomic E-state index is 0.157. The summed E-state index contributed by atoms with van der Waals surface area (Å²) in [5, 5.41) is 15.5. The summed E-state index contributed by atoms with van der Waals surface area (Å²) >= 11 is 11.8. The first kappa shape index (κ1) is 14.3. The van der Waals surface area contributed by atoms with E-state index in [1.165, 1.54) is 4.68 Å². The van der Waals surface area contributed by atoms with E-state index in [0.717, 1.165) is 6.20 Å². The zero-order chi connectivity index (χ0) is 14.9. The lowest BCUT2D eigenvalue weighted by molar-refractivity contribution is -0.385. The molecule has 0 fully saturated rings. The number of nitro groups is 1. The molecule has 1 amide bonds. The van der Waals surface area contributed by atoms with Crippen LogP contribution in [-0.2, 0) is 6.54 Å². The van der Waals surface area contributed by atoms with Gasteiger partial charge in [-0.2, -0.15) is 5.10 Å². The summed E-state index contributed by atoms with van der Waals surface area (Å²) in [4.78, 5) is 21.2. The van der Waals surface area contributed by atoms with Crippen LogP contribution in [0.1, 0.15) is 16.1 Å². The molecule has 0 aliphatic heterocycles. The molecule has 0 aliphatic carbocycles. The van der Waals surface area contributed by atoms with Gasteiger partial charge in [0.1, 0.15) is 6.20 Å². The molecule has 0 spiro atoms. The van der Waals surface area contributed by atoms with Gasteiger partial charge in [-0.05, 0) is 17.7 Å². The summed E-state index contributed by atoms with van der Waals surface area (Å²) in [7, 11) is 0. The molecule has 0 radical (unpaired) electrons. The zero-order valence-corrected chi connectivity index (χ0v) is 11.4. The Kier molecular flexibility index (Phi) is 3.91. The second-order valence-corrected chi connectivity index (χ2v) is 4.76. The maximum atomic E-state index is 11.1. The van der Waals surface area contributed by atoms with Gasteiger partial charge in [-0.15, -0.1) is 0 Å². The zero-order valence-electron chi connectivity index (χ0n) is 9.92. The Hall–Kier alpha value is -2.12. The molecule has 0 aliphatic rings. The minimum Gasteiger partial charge on any atom is -0.364 e. The Morgan fingerprint density at radius 3 is 2.65 bits per heavy atom. The van der Waals surface area contributed by atoms with Crippen LogP contribution in [0.4, 0.5) is 5.69 Å². The van der Waals surface area contributed by atoms with E-state index in [-0.39, 0.29) is 12.2 Å². The Morgan fingerprint density at radius 2 is 2.15 bits per heavy atom. The lowest BCUT2D eigenvalue weighted by Gasteiger charge is -2.04. The molecule has 0 saturated carbocycles. The van der Waals surface area contributed by atoms with Crippen LogP contribution < -0.4 is 5.73 Å². The fourth-order valence-corrected chi connectivity index (χ4v) is 2.09. The molecule has 2 N–H and O–H groups in total. The maximum absolute atomic E-state index is 11.1. The fourth-order valence-electron chi connectivity index (χ4n) is 1.63. The summed E-state index contributed by atoms with van der Waals surface area (Å²) < 4.78 is 1.23. The van der Waals surface area contributed by atoms with Crippen LogP contribution in [0.2, 0.25) is 10.0 Å². The number of hydrogen-bond donors (Lipinski definition) is 1. The number of carbonyl (C=O) groups excluding carboxylic acids is 1. The van der Waals surface area contributed by atoms with E-state index in [2.05, 4.69) is 5.10 Å². The van der Waals surface area contributed by atoms with Crippen LogP contribution in [0.3, 0.4) is 0 Å². The second-order valence-electron chi connectivity index (χ2n) is 3.92. The Labute approximate surface area is 123 Å². The lowest BCUT2D eigenvalue weighted by atomic mass is 10.2. The summed E-state index contributed by atoms with van der Waals surface area (Å²) in [6, 6.07) is 4.85. The average Bonchev–Trinajstić information content (AvgIpc) is 2.77. The number of aromatic nitrogens is 2. The highest BCUT2D eigenvalue weighted by Crippen LogP contribution is 2.23. The molecule has 9 heteroatoms. The van der Waals surface area contributed by atoms with Gasteiger partial charge in [-0.1, -0.05) is 29.3 Å². The number of carbonyl (C=O) groups is 1. The fraction of sp³-hybridized carbons (Fsp3) is 0.0909. The molecule has 104 valence electrons. The van der Waals surface area contributed by atoms with Gasteiger partial charge in [-0.3, -0.25) is 19.6 Å². The molecule has 1 aromatic heterocycles. The van der Waals surface area contributed by atoms with Gasteiger partial charge < -0.3 is 5.73 Å². The Bertz CT molecular complexity index is 667. The first-order valence-electron chi connectivity index (χ1n) is 5.34. The van der Waals surface area contributed by atoms with Crippen LogP contribution in [-0.4, -0.2) is 20.6 Å². The monoisotopic (exact) mass is 314 g/mol. The van der Waals surface area contributed by atoms with Crippen molar-refractivity contribution in [2.24, 2.45) is 5.73 Å². The number of rotatable bonds is 4. The number of halogens is 2. The summed E-state index contributed by atoms with van der Waals surface area (Å²) in [6.07, 6.45) is 1.13. The van der Waals surface area contributed by atoms with Crippen LogP contribution >= 0.6 is 23.2 Å². The van der Waals surface area contributed by atoms with Crippen LogP contribution in [0.15, 0.2) is 24.4 Å². The first-order chi connectivity index (χ1) is 9.38. The van der Waals surface area contributed by atoms with E-state index in [0.29, 0.717) is 15.6 Å². The van der Waals surface area contributed by atoms with E-state index in [4.69, 9.17) is 28.9 Å². The molecular weight excluding hydrogens is 307 g/mol. The number of nitrogens with zero attached hydrogens (tertiary/aromatic N) is 3. The molecule has 0 bridgehead atoms. The third kappa shape index (κ3) is 2.89. The highest BCUT2D eigenvalue weighted by Gasteiger charge is 2.23. The molecule has 2 aromatic rings. The maximum Gasteiger partial charge on any atom is 0.320 e. The van der Waals surface area contributed by atoms with E-state index in [1.54, 1.807) is 18.2 Å². The standard InChI is InChI=1S/C11H8Cl2N4O3/c12-7-2-1-6(8(13)3-7)4-16-5-9(17(19)20)10(15-16)11(14)18/h1-3,5H,4H2,(H2,14,18). The molecule has 1 aromatic carbocycles. The third-order valence-corrected chi connectivity index (χ3v) is 3.11. The summed E-state index contributed by atoms with van der Waals surface area (Å²) in [5.74, 6) is -0.961. The van der Waals surface area contributed by atoms with Gasteiger partial charge in [0, 0.05) is 10.0 Å². The highest BCUT2D eigenvalue weighted by molar-refractivity contribution is 6.35. The van der Waals surface area contributed by atoms with Crippen molar-refractivity contribution in [3.63, 3.8) is 0 Å². The predicted molar refractivity (Wildman–Crippen MR) is 73.0 cm³/mol. The van der Waals surface area contributed by atoms with Crippen molar-refractivity contribution >= 4 is 34.8 Å². The molecular formula is C11H8Cl2N4O3. The second kappa shape index (κ2) is 5.48. The normalized spacial score (nSPS) is 10.5. The molecule has 2 rings (SSSR count). The molecule has 7 nitrogen and oxygen atoms in total. The van der Waals surface area contributed by atoms with Crippen LogP contribution in [0.5, 0.6) is 0 Å². The van der Waals surface area contributed by atoms with Crippen molar-refractivity contribution in [3.05, 3.63) is 55.8 Å². The van der Waals surface area contributed by atoms with E-state index in [1.807, 2.05) is 0 Å². The summed E-state index contributed by atoms with van der Waals surface area (Å²) in [6.45, 7) is 0.157. The Morgan fingerprint density at radius 1 is 1.45 bits per heavy atom. The third-order valence-electron chi connectivity index (χ3n) is 2.52. The number of amides is 1. The quantitative estimate of drug-likeness (QED) is 0.690. The first-order valence-corrected chi connectivity index (χ1v) is 6.09. The smallest absolute Gasteiger partial charge is 0.320 e. The minimum atomic E-state index is -0.961. The Balaban J connectivity index is 2.37. The van der Waals surface area contributed by atoms with E-state index in [9.17, 15) is 14.9 Å². The summed E-state index contributed by atoms with van der Waals surface area (Å²) in [5.41, 5.74) is 4.87. The number of hydrogen-bond acceptors (Lipinski definition) is 4. The molecule has 0 atom stereocenters. The number of benzene rings is 1. The predicted octanol–water partition coefficient (Wildman–Crippen LogP) is 2.25. The van der Waals surface area contributed by atoms with Gasteiger partial charge in [0.25, 0.3) is 5.91 Å². The van der Waals surface area contributed by atoms with Crippen molar-refractivity contribution in [3.8, 4) is 0 Å². The van der Waals surface area contributed by atoms with Gasteiger partial charge in [0.05, 0.1) is 11.5 Å². The van der Waals surface area contributed by atoms with E-state index < -0.39 is 16.5 Å². The number of nitrogens with two attached hydrogens (primary N) is 1. The van der Waals surface area contributed by atoms with Crippen LogP contribution in [0.25, 0.3) is 0 Å². The van der Waals surface area contributed by atoms with Crippen molar-refractivity contribution in [1.82, 2.24) is 9.78 Å². The van der Waals surface area contributed by atoms with Crippen molar-refractivity contribution in [1.29, 1.82) is 0 Å². The molecule has 0 saturated heterocycles. The van der Waals surface area contributed by atoms with E-state index >= 15 is 0 Å². The van der Waals surface area contributed by atoms with Crippen molar-refractivity contribution in [2.75, 3.05) is 0 Å². The van der Waals surface area contributed by atoms with Crippen molar-refractivity contribution < 1.29 is 9.72 Å². The number of primary amides is 1. The topological polar surface area (TPSA) is 104 Å². The molecule has 20 heavy (non-hydrogen) atoms. The largest absolute Gasteiger partial charge is 0.364 e. The molecule has 1 heterocycles. The lowest BCUT2D eigenvalue weighted by Crippen LogP contribution is -2.14. The van der Waals surface area contributed by atoms with Gasteiger partial charge >= 0.3 is 5.69 Å². The van der Waals surface area contributed by atoms with Gasteiger partial charge in [0.15, 0.2) is 0 Å². The molecule has 0 unspecified atom stereocenters. The van der Waals surface area contributed by atoms with Gasteiger partial charge in [0.2, 0.25) is 5.69 Å². The highest BCUT2D eigenvalue weighted by atomic mass is 35.5. The van der Waals surface area contributed by atoms with Crippen LogP contribution in [0, 0.1) is 10.1 Å². The SMILES string of the molecule is NC(=O)c1nn(Cc2ccc(Cl)cc2Cl)cc1[N+](=O)[O-]. The average molecular weight is 315 g/mol. The van der Waals surface area contributed by atoms with Gasteiger partial charge in [-0.25, -0.2) is 0 Å².